The topological polar surface area (TPSA) is 91.3 Å². The van der Waals surface area contributed by atoms with Gasteiger partial charge in [-0.25, -0.2) is 22.2 Å². The molecule has 4 rings (SSSR count). The first-order chi connectivity index (χ1) is 14.8. The quantitative estimate of drug-likeness (QED) is 0.644. The van der Waals surface area contributed by atoms with Crippen molar-refractivity contribution in [2.75, 3.05) is 36.4 Å². The van der Waals surface area contributed by atoms with Crippen LogP contribution in [0.1, 0.15) is 5.69 Å². The van der Waals surface area contributed by atoms with Crippen molar-refractivity contribution in [2.24, 2.45) is 0 Å². The molecule has 0 aliphatic carbocycles. The highest BCUT2D eigenvalue weighted by Gasteiger charge is 2.31. The van der Waals surface area contributed by atoms with Gasteiger partial charge in [-0.2, -0.15) is 4.31 Å². The lowest BCUT2D eigenvalue weighted by Crippen LogP contribution is -2.49. The van der Waals surface area contributed by atoms with Gasteiger partial charge in [-0.05, 0) is 43.3 Å². The minimum absolute atomic E-state index is 0.147. The molecule has 1 fully saturated rings. The number of sulfonamides is 1. The Morgan fingerprint density at radius 2 is 1.71 bits per heavy atom. The molecule has 1 aliphatic rings. The number of aryl methyl sites for hydroxylation is 1. The fraction of sp³-hybridized carbons (Fsp3) is 0.250. The second-order valence-corrected chi connectivity index (χ2v) is 8.94. The molecule has 31 heavy (non-hydrogen) atoms. The van der Waals surface area contributed by atoms with E-state index < -0.39 is 26.6 Å². The molecule has 0 unspecified atom stereocenters. The molecule has 2 aromatic heterocycles. The highest BCUT2D eigenvalue weighted by molar-refractivity contribution is 7.89. The third kappa shape index (κ3) is 4.62. The monoisotopic (exact) mass is 446 g/mol. The zero-order valence-electron chi connectivity index (χ0n) is 16.7. The standard InChI is InChI=1S/C20H20F2N6O2S/c1-14-3-2-4-18(23-14)24-19-7-8-20(26-25-19)27-9-11-28(12-10-27)31(29,30)17-6-5-15(21)13-16(17)22/h2-8,13H,9-12H2,1H3,(H,23,24,25). The van der Waals surface area contributed by atoms with Crippen molar-refractivity contribution in [3.05, 3.63) is 65.9 Å². The van der Waals surface area contributed by atoms with Crippen molar-refractivity contribution in [3.63, 3.8) is 0 Å². The zero-order valence-corrected chi connectivity index (χ0v) is 17.5. The molecule has 0 radical (unpaired) electrons. The Bertz CT molecular complexity index is 1180. The van der Waals surface area contributed by atoms with Crippen LogP contribution >= 0.6 is 0 Å². The van der Waals surface area contributed by atoms with Gasteiger partial charge in [0.25, 0.3) is 0 Å². The van der Waals surface area contributed by atoms with Crippen LogP contribution in [-0.4, -0.2) is 54.1 Å². The first kappa shape index (κ1) is 21.1. The molecule has 0 spiro atoms. The third-order valence-electron chi connectivity index (χ3n) is 4.87. The van der Waals surface area contributed by atoms with E-state index in [9.17, 15) is 17.2 Å². The van der Waals surface area contributed by atoms with E-state index in [0.717, 1.165) is 17.8 Å². The van der Waals surface area contributed by atoms with Crippen LogP contribution in [-0.2, 0) is 10.0 Å². The number of nitrogens with zero attached hydrogens (tertiary/aromatic N) is 5. The van der Waals surface area contributed by atoms with Crippen LogP contribution in [0.5, 0.6) is 0 Å². The van der Waals surface area contributed by atoms with Crippen LogP contribution in [0.15, 0.2) is 53.4 Å². The van der Waals surface area contributed by atoms with E-state index in [1.54, 1.807) is 12.1 Å². The third-order valence-corrected chi connectivity index (χ3v) is 6.80. The number of anilines is 3. The van der Waals surface area contributed by atoms with Gasteiger partial charge in [-0.15, -0.1) is 10.2 Å². The van der Waals surface area contributed by atoms with Crippen LogP contribution < -0.4 is 10.2 Å². The van der Waals surface area contributed by atoms with Gasteiger partial charge < -0.3 is 10.2 Å². The van der Waals surface area contributed by atoms with E-state index in [1.165, 1.54) is 4.31 Å². The maximum absolute atomic E-state index is 14.0. The van der Waals surface area contributed by atoms with Crippen LogP contribution in [0.25, 0.3) is 0 Å². The van der Waals surface area contributed by atoms with Gasteiger partial charge in [-0.3, -0.25) is 0 Å². The predicted octanol–water partition coefficient (Wildman–Crippen LogP) is 2.71. The number of benzene rings is 1. The number of hydrogen-bond donors (Lipinski definition) is 1. The van der Waals surface area contributed by atoms with E-state index in [0.29, 0.717) is 36.6 Å². The molecule has 162 valence electrons. The molecule has 1 N–H and O–H groups in total. The molecule has 1 aromatic carbocycles. The zero-order chi connectivity index (χ0) is 22.0. The molecule has 0 saturated carbocycles. The number of halogens is 2. The highest BCUT2D eigenvalue weighted by atomic mass is 32.2. The molecule has 0 atom stereocenters. The average molecular weight is 446 g/mol. The Hall–Kier alpha value is -3.18. The fourth-order valence-electron chi connectivity index (χ4n) is 3.29. The fourth-order valence-corrected chi connectivity index (χ4v) is 4.75. The second kappa shape index (κ2) is 8.52. The number of hydrogen-bond acceptors (Lipinski definition) is 7. The van der Waals surface area contributed by atoms with Gasteiger partial charge >= 0.3 is 0 Å². The summed E-state index contributed by atoms with van der Waals surface area (Å²) in [6.45, 7) is 2.91. The van der Waals surface area contributed by atoms with Crippen molar-refractivity contribution in [3.8, 4) is 0 Å². The number of pyridine rings is 1. The molecule has 1 aliphatic heterocycles. The smallest absolute Gasteiger partial charge is 0.246 e. The lowest BCUT2D eigenvalue weighted by molar-refractivity contribution is 0.381. The molecule has 11 heteroatoms. The van der Waals surface area contributed by atoms with Gasteiger partial charge in [0, 0.05) is 37.9 Å². The molecule has 3 aromatic rings. The summed E-state index contributed by atoms with van der Waals surface area (Å²) < 4.78 is 53.7. The van der Waals surface area contributed by atoms with Crippen molar-refractivity contribution >= 4 is 27.5 Å². The first-order valence-electron chi connectivity index (χ1n) is 9.57. The van der Waals surface area contributed by atoms with Gasteiger partial charge in [-0.1, -0.05) is 6.07 Å². The second-order valence-electron chi connectivity index (χ2n) is 7.03. The molecule has 1 saturated heterocycles. The summed E-state index contributed by atoms with van der Waals surface area (Å²) in [7, 11) is -4.05. The average Bonchev–Trinajstić information content (AvgIpc) is 2.74. The minimum atomic E-state index is -4.05. The molecular weight excluding hydrogens is 426 g/mol. The summed E-state index contributed by atoms with van der Waals surface area (Å²) in [5.41, 5.74) is 0.878. The van der Waals surface area contributed by atoms with Crippen molar-refractivity contribution in [2.45, 2.75) is 11.8 Å². The lowest BCUT2D eigenvalue weighted by Gasteiger charge is -2.34. The predicted molar refractivity (Wildman–Crippen MR) is 112 cm³/mol. The van der Waals surface area contributed by atoms with Crippen LogP contribution in [0.3, 0.4) is 0 Å². The van der Waals surface area contributed by atoms with Gasteiger partial charge in [0.05, 0.1) is 0 Å². The van der Waals surface area contributed by atoms with Gasteiger partial charge in [0.2, 0.25) is 10.0 Å². The summed E-state index contributed by atoms with van der Waals surface area (Å²) in [6.07, 6.45) is 0. The highest BCUT2D eigenvalue weighted by Crippen LogP contribution is 2.23. The normalized spacial score (nSPS) is 15.1. The number of rotatable bonds is 5. The van der Waals surface area contributed by atoms with Crippen LogP contribution in [0.2, 0.25) is 0 Å². The number of aromatic nitrogens is 3. The SMILES string of the molecule is Cc1cccc(Nc2ccc(N3CCN(S(=O)(=O)c4ccc(F)cc4F)CC3)nn2)n1. The van der Waals surface area contributed by atoms with Gasteiger partial charge in [0.1, 0.15) is 22.3 Å². The van der Waals surface area contributed by atoms with Crippen molar-refractivity contribution in [1.82, 2.24) is 19.5 Å². The van der Waals surface area contributed by atoms with E-state index in [-0.39, 0.29) is 13.1 Å². The summed E-state index contributed by atoms with van der Waals surface area (Å²) in [5, 5.41) is 11.4. The minimum Gasteiger partial charge on any atom is -0.352 e. The Balaban J connectivity index is 1.40. The lowest BCUT2D eigenvalue weighted by atomic mass is 10.3. The molecule has 3 heterocycles. The summed E-state index contributed by atoms with van der Waals surface area (Å²) in [4.78, 5) is 5.72. The maximum atomic E-state index is 14.0. The van der Waals surface area contributed by atoms with E-state index >= 15 is 0 Å². The van der Waals surface area contributed by atoms with Crippen LogP contribution in [0, 0.1) is 18.6 Å². The van der Waals surface area contributed by atoms with E-state index in [1.807, 2.05) is 30.0 Å². The number of piperazine rings is 1. The van der Waals surface area contributed by atoms with Crippen LogP contribution in [0.4, 0.5) is 26.2 Å². The summed E-state index contributed by atoms with van der Waals surface area (Å²) >= 11 is 0. The maximum Gasteiger partial charge on any atom is 0.246 e. The molecule has 0 amide bonds. The summed E-state index contributed by atoms with van der Waals surface area (Å²) in [6, 6.07) is 11.6. The summed E-state index contributed by atoms with van der Waals surface area (Å²) in [5.74, 6) is -0.119. The van der Waals surface area contributed by atoms with Gasteiger partial charge in [0.15, 0.2) is 11.6 Å². The molecular formula is C20H20F2N6O2S. The molecule has 8 nitrogen and oxygen atoms in total. The Morgan fingerprint density at radius 3 is 2.35 bits per heavy atom. The first-order valence-corrected chi connectivity index (χ1v) is 11.0. The van der Waals surface area contributed by atoms with E-state index in [4.69, 9.17) is 0 Å². The molecule has 0 bridgehead atoms. The van der Waals surface area contributed by atoms with Crippen molar-refractivity contribution < 1.29 is 17.2 Å². The Labute approximate surface area is 178 Å². The van der Waals surface area contributed by atoms with Crippen molar-refractivity contribution in [1.29, 1.82) is 0 Å². The Morgan fingerprint density at radius 1 is 0.935 bits per heavy atom. The largest absolute Gasteiger partial charge is 0.352 e. The Kier molecular flexibility index (Phi) is 5.79. The van der Waals surface area contributed by atoms with E-state index in [2.05, 4.69) is 20.5 Å². The number of nitrogens with one attached hydrogen (secondary N) is 1.